The van der Waals surface area contributed by atoms with E-state index in [0.29, 0.717) is 19.6 Å². The smallest absolute Gasteiger partial charge is 0.324 e. The number of nitroso groups, excluding NO2 is 2. The number of benzene rings is 8. The lowest BCUT2D eigenvalue weighted by atomic mass is 9.98. The molecule has 4 N–H and O–H groups in total. The predicted octanol–water partition coefficient (Wildman–Crippen LogP) is 16.4. The van der Waals surface area contributed by atoms with E-state index >= 15 is 0 Å². The molecule has 4 aliphatic rings. The van der Waals surface area contributed by atoms with E-state index < -0.39 is 22.9 Å². The lowest BCUT2D eigenvalue weighted by molar-refractivity contribution is -0.119. The summed E-state index contributed by atoms with van der Waals surface area (Å²) in [7, 11) is -2.54. The maximum Gasteiger partial charge on any atom is 0.460 e. The molecule has 23 nitrogen and oxygen atoms in total. The molecule has 11 aromatic rings. The van der Waals surface area contributed by atoms with Gasteiger partial charge in [0.25, 0.3) is 0 Å². The molecule has 0 radical (unpaired) electrons. The Morgan fingerprint density at radius 2 is 0.844 bits per heavy atom. The molecule has 0 saturated carbocycles. The SMILES string of the molecule is C#C[Si](C)(C)C.C#Cc1ccc2c(c1)C(c1ccccc1)=NCc1nnc(C)n1-2.CC(=O)NN.Cc1nnc2n1-c1ccc(Br)cc1C(c1ccccc1)=NC2.Cc1nnc2n1-c1ccc(C#C[Si](C)(C)C)cc1C(c1ccccc1)=NC2.O=C1CN=C(c2ccccc2)c2cc(Br)ccc2N1.O=NP(=O)(Cl)N=O. The number of hydrazine groups is 1. The second kappa shape index (κ2) is 37.4. The van der Waals surface area contributed by atoms with Gasteiger partial charge in [0.1, 0.15) is 59.8 Å². The van der Waals surface area contributed by atoms with Gasteiger partial charge in [0.2, 0.25) is 11.8 Å². The van der Waals surface area contributed by atoms with Crippen molar-refractivity contribution in [2.24, 2.45) is 35.7 Å². The summed E-state index contributed by atoms with van der Waals surface area (Å²) in [6.45, 7) is 18.1. The molecular formula is C80H76Br2ClN18O5PSi2. The van der Waals surface area contributed by atoms with Gasteiger partial charge in [-0.2, -0.15) is 0 Å². The van der Waals surface area contributed by atoms with Gasteiger partial charge in [-0.1, -0.05) is 204 Å². The fraction of sp³-hybridized carbons (Fsp3) is 0.175. The van der Waals surface area contributed by atoms with Crippen LogP contribution >= 0.6 is 49.9 Å². The van der Waals surface area contributed by atoms with Crippen molar-refractivity contribution < 1.29 is 14.2 Å². The van der Waals surface area contributed by atoms with Gasteiger partial charge in [-0.25, -0.2) is 10.4 Å². The van der Waals surface area contributed by atoms with E-state index in [0.717, 1.165) is 145 Å². The number of hydrogen-bond acceptors (Lipinski definition) is 16. The molecule has 0 aliphatic carbocycles. The molecule has 109 heavy (non-hydrogen) atoms. The van der Waals surface area contributed by atoms with Crippen LogP contribution in [-0.4, -0.2) is 102 Å². The number of nitrogens with zero attached hydrogens (tertiary/aromatic N) is 15. The first-order valence-corrected chi connectivity index (χ1v) is 45.0. The van der Waals surface area contributed by atoms with Crippen LogP contribution in [0.5, 0.6) is 0 Å². The molecule has 29 heteroatoms. The first kappa shape index (κ1) is 81.6. The topological polar surface area (TPSA) is 302 Å². The number of carbonyl (C=O) groups is 2. The highest BCUT2D eigenvalue weighted by atomic mass is 79.9. The summed E-state index contributed by atoms with van der Waals surface area (Å²) in [5.41, 5.74) is 26.0. The van der Waals surface area contributed by atoms with Crippen molar-refractivity contribution in [1.82, 2.24) is 49.7 Å². The molecule has 0 spiro atoms. The van der Waals surface area contributed by atoms with Crippen molar-refractivity contribution in [3.63, 3.8) is 0 Å². The number of amides is 2. The van der Waals surface area contributed by atoms with Crippen LogP contribution in [-0.2, 0) is 33.8 Å². The van der Waals surface area contributed by atoms with Crippen molar-refractivity contribution in [3.05, 3.63) is 303 Å². The lowest BCUT2D eigenvalue weighted by Gasteiger charge is -2.13. The summed E-state index contributed by atoms with van der Waals surface area (Å²) in [4.78, 5) is 61.9. The van der Waals surface area contributed by atoms with E-state index in [4.69, 9.17) is 37.6 Å². The minimum Gasteiger partial charge on any atom is -0.324 e. The predicted molar refractivity (Wildman–Crippen MR) is 446 cm³/mol. The Bertz CT molecular complexity index is 5510. The molecule has 7 heterocycles. The second-order valence-corrected chi connectivity index (χ2v) is 40.3. The van der Waals surface area contributed by atoms with E-state index in [1.165, 1.54) is 6.92 Å². The van der Waals surface area contributed by atoms with Gasteiger partial charge in [0.15, 0.2) is 17.5 Å². The Labute approximate surface area is 656 Å². The van der Waals surface area contributed by atoms with Gasteiger partial charge in [0.05, 0.1) is 45.6 Å². The zero-order chi connectivity index (χ0) is 78.6. The number of rotatable bonds is 6. The van der Waals surface area contributed by atoms with Gasteiger partial charge in [0, 0.05) is 81.4 Å². The third-order valence-corrected chi connectivity index (χ3v) is 19.4. The van der Waals surface area contributed by atoms with Crippen molar-refractivity contribution >= 4 is 106 Å². The number of aryl methyl sites for hydroxylation is 3. The van der Waals surface area contributed by atoms with Crippen molar-refractivity contribution in [2.45, 2.75) is 86.6 Å². The number of aliphatic imine (C=N–C) groups is 4. The molecule has 3 aromatic heterocycles. The number of aromatic nitrogens is 9. The fourth-order valence-electron chi connectivity index (χ4n) is 11.0. The van der Waals surface area contributed by atoms with E-state index in [9.17, 15) is 14.2 Å². The minimum absolute atomic E-state index is 0.0884. The third-order valence-electron chi connectivity index (χ3n) is 15.9. The van der Waals surface area contributed by atoms with Gasteiger partial charge < -0.3 is 5.32 Å². The van der Waals surface area contributed by atoms with Crippen LogP contribution in [0.25, 0.3) is 17.1 Å². The number of terminal acetylenes is 2. The lowest BCUT2D eigenvalue weighted by Crippen LogP contribution is -2.26. The van der Waals surface area contributed by atoms with Crippen LogP contribution in [0, 0.1) is 66.4 Å². The Hall–Kier alpha value is -11.4. The zero-order valence-corrected chi connectivity index (χ0v) is 68.2. The molecular weight excluding hydrogens is 1580 g/mol. The Kier molecular flexibility index (Phi) is 28.0. The van der Waals surface area contributed by atoms with Crippen LogP contribution in [0.3, 0.4) is 0 Å². The highest BCUT2D eigenvalue weighted by molar-refractivity contribution is 9.10. The monoisotopic (exact) mass is 1650 g/mol. The standard InChI is InChI=1S/C22H22N4Si.C19H14N4.C17H13BrN4.C15H11BrN2O.C5H10Si.C2H6N2O.ClN2O3P/c1-16-24-25-21-15-23-22(18-8-6-5-7-9-18)19-14-17(12-13-27(2,3)4)10-11-20(19)26(16)21;1-3-14-9-10-17-16(11-14)19(15-7-5-4-6-8-15)20-12-18-22-21-13(2)23(17)18;1-11-20-21-16-10-19-17(12-5-3-2-4-6-12)14-9-13(18)7-8-15(14)22(11)16;16-11-6-7-13-12(8-11)15(17-9-14(19)18-13)10-4-2-1-3-5-10;1-5-6(2,3)4;1-2(5)4-3;1-7(6,2-4)3-5/h5-11,14H,15H2,1-4H3;1,4-11H,12H2,2H3;2-9H,10H2,1H3;1-8H,9H2,(H,18,19);1H,2-4H3;3H2,1H3,(H,4,5);. The highest BCUT2D eigenvalue weighted by Gasteiger charge is 2.26. The number of benzodiazepines with no additional fused rings is 1. The Balaban J connectivity index is 0.000000156. The largest absolute Gasteiger partial charge is 0.460 e. The summed E-state index contributed by atoms with van der Waals surface area (Å²) in [6.07, 6.45) is 10.7. The first-order chi connectivity index (χ1) is 52.1. The molecule has 0 bridgehead atoms. The van der Waals surface area contributed by atoms with Gasteiger partial charge in [-0.05, 0) is 105 Å². The van der Waals surface area contributed by atoms with Crippen LogP contribution in [0.1, 0.15) is 97.5 Å². The van der Waals surface area contributed by atoms with Crippen molar-refractivity contribution in [2.75, 3.05) is 11.9 Å². The van der Waals surface area contributed by atoms with Crippen molar-refractivity contribution in [1.29, 1.82) is 0 Å². The van der Waals surface area contributed by atoms with Gasteiger partial charge in [-0.15, -0.1) is 64.3 Å². The number of nitrogens with two attached hydrogens (primary N) is 1. The molecule has 0 atom stereocenters. The number of fused-ring (bicyclic) bond motifs is 10. The highest BCUT2D eigenvalue weighted by Crippen LogP contribution is 2.53. The van der Waals surface area contributed by atoms with E-state index in [1.54, 1.807) is 9.89 Å². The number of hydrogen-bond donors (Lipinski definition) is 3. The average Bonchev–Trinajstić information content (AvgIpc) is 1.65. The van der Waals surface area contributed by atoms with Gasteiger partial charge >= 0.3 is 6.80 Å². The molecule has 2 amide bonds. The third kappa shape index (κ3) is 21.9. The fourth-order valence-corrected chi connectivity index (χ4v) is 12.2. The first-order valence-electron chi connectivity index (χ1n) is 33.9. The maximum absolute atomic E-state index is 11.7. The maximum atomic E-state index is 11.7. The van der Waals surface area contributed by atoms with E-state index in [1.807, 2.05) is 154 Å². The van der Waals surface area contributed by atoms with E-state index in [-0.39, 0.29) is 18.4 Å². The minimum atomic E-state index is -4.04. The summed E-state index contributed by atoms with van der Waals surface area (Å²) in [6, 6.07) is 65.0. The summed E-state index contributed by atoms with van der Waals surface area (Å²) in [5.74, 6) is 15.5. The molecule has 0 fully saturated rings. The van der Waals surface area contributed by atoms with Crippen LogP contribution in [0.15, 0.2) is 233 Å². The van der Waals surface area contributed by atoms with Crippen molar-refractivity contribution in [3.8, 4) is 52.8 Å². The van der Waals surface area contributed by atoms with E-state index in [2.05, 4.69) is 232 Å². The van der Waals surface area contributed by atoms with Crippen LogP contribution in [0.2, 0.25) is 39.3 Å². The number of carbonyl (C=O) groups excluding carboxylic acids is 2. The molecule has 0 saturated heterocycles. The van der Waals surface area contributed by atoms with Gasteiger partial charge in [-0.3, -0.25) is 48.7 Å². The second-order valence-electron chi connectivity index (χ2n) is 26.4. The number of nitrogens with one attached hydrogen (secondary N) is 2. The Morgan fingerprint density at radius 3 is 1.19 bits per heavy atom. The molecule has 0 unspecified atom stereocenters. The molecule has 4 aliphatic heterocycles. The zero-order valence-electron chi connectivity index (χ0n) is 61.4. The summed E-state index contributed by atoms with van der Waals surface area (Å²) in [5, 5.41) is 28.3. The van der Waals surface area contributed by atoms with Crippen LogP contribution < -0.4 is 16.6 Å². The molecule has 15 rings (SSSR count). The normalized spacial score (nSPS) is 12.5. The Morgan fingerprint density at radius 1 is 0.514 bits per heavy atom. The number of anilines is 1. The number of halogens is 3. The molecule has 550 valence electrons. The summed E-state index contributed by atoms with van der Waals surface area (Å²) >= 11 is 11.5. The molecule has 8 aromatic carbocycles. The quantitative estimate of drug-likeness (QED) is 0.0266. The summed E-state index contributed by atoms with van der Waals surface area (Å²) < 4.78 is 18.0. The van der Waals surface area contributed by atoms with Crippen LogP contribution in [0.4, 0.5) is 5.69 Å². The average molecular weight is 1650 g/mol.